The van der Waals surface area contributed by atoms with Crippen LogP contribution in [-0.4, -0.2) is 16.9 Å². The van der Waals surface area contributed by atoms with E-state index in [1.165, 1.54) is 0 Å². The molecule has 0 aromatic heterocycles. The molecule has 0 unspecified atom stereocenters. The Hall–Kier alpha value is -0.640. The molecule has 0 bridgehead atoms. The molecular weight excluding hydrogens is 220 g/mol. The highest BCUT2D eigenvalue weighted by Crippen LogP contribution is 2.39. The normalized spacial score (nSPS) is 31.8. The molecule has 3 nitrogen and oxygen atoms in total. The minimum absolute atomic E-state index is 0.0781. The van der Waals surface area contributed by atoms with Gasteiger partial charge in [-0.1, -0.05) is 32.0 Å². The largest absolute Gasteiger partial charge is 0.392 e. The molecule has 2 aliphatic rings. The van der Waals surface area contributed by atoms with E-state index in [4.69, 9.17) is 18.0 Å². The van der Waals surface area contributed by atoms with Gasteiger partial charge < -0.3 is 11.1 Å². The Bertz CT molecular complexity index is 304. The summed E-state index contributed by atoms with van der Waals surface area (Å²) in [6.45, 7) is 2.21. The Labute approximate surface area is 102 Å². The van der Waals surface area contributed by atoms with Crippen molar-refractivity contribution in [3.8, 4) is 0 Å². The van der Waals surface area contributed by atoms with Crippen molar-refractivity contribution in [2.45, 2.75) is 51.5 Å². The first kappa shape index (κ1) is 11.8. The van der Waals surface area contributed by atoms with Crippen molar-refractivity contribution in [1.82, 2.24) is 5.32 Å². The van der Waals surface area contributed by atoms with E-state index < -0.39 is 5.41 Å². The second-order valence-corrected chi connectivity index (χ2v) is 5.84. The van der Waals surface area contributed by atoms with Crippen molar-refractivity contribution in [2.75, 3.05) is 0 Å². The molecule has 0 atom stereocenters. The number of nitrogens with one attached hydrogen (secondary N) is 1. The van der Waals surface area contributed by atoms with Crippen LogP contribution in [0.3, 0.4) is 0 Å². The van der Waals surface area contributed by atoms with Crippen LogP contribution in [0.2, 0.25) is 0 Å². The fourth-order valence-electron chi connectivity index (χ4n) is 2.91. The predicted octanol–water partition coefficient (Wildman–Crippen LogP) is 1.75. The summed E-state index contributed by atoms with van der Waals surface area (Å²) in [6.07, 6.45) is 5.98. The molecule has 2 saturated carbocycles. The van der Waals surface area contributed by atoms with E-state index in [2.05, 4.69) is 12.2 Å². The molecule has 2 fully saturated rings. The summed E-state index contributed by atoms with van der Waals surface area (Å²) in [5.41, 5.74) is 5.23. The van der Waals surface area contributed by atoms with Crippen LogP contribution in [0.1, 0.15) is 45.4 Å². The van der Waals surface area contributed by atoms with Gasteiger partial charge in [0.25, 0.3) is 0 Å². The van der Waals surface area contributed by atoms with Gasteiger partial charge in [-0.2, -0.15) is 0 Å². The maximum absolute atomic E-state index is 12.2. The lowest BCUT2D eigenvalue weighted by molar-refractivity contribution is -0.128. The Kier molecular flexibility index (Phi) is 3.19. The van der Waals surface area contributed by atoms with Gasteiger partial charge in [-0.25, -0.2) is 0 Å². The van der Waals surface area contributed by atoms with Crippen LogP contribution >= 0.6 is 12.2 Å². The van der Waals surface area contributed by atoms with E-state index in [9.17, 15) is 4.79 Å². The molecular formula is C12H20N2OS. The molecule has 0 radical (unpaired) electrons. The maximum Gasteiger partial charge on any atom is 0.233 e. The van der Waals surface area contributed by atoms with Crippen LogP contribution in [0.5, 0.6) is 0 Å². The molecule has 3 N–H and O–H groups in total. The molecule has 0 saturated heterocycles. The smallest absolute Gasteiger partial charge is 0.233 e. The van der Waals surface area contributed by atoms with Gasteiger partial charge in [0.1, 0.15) is 0 Å². The topological polar surface area (TPSA) is 55.1 Å². The highest BCUT2D eigenvalue weighted by molar-refractivity contribution is 7.80. The van der Waals surface area contributed by atoms with Gasteiger partial charge in [-0.05, 0) is 31.6 Å². The average Bonchev–Trinajstić information content (AvgIpc) is 2.64. The summed E-state index contributed by atoms with van der Waals surface area (Å²) in [6, 6.07) is 0.356. The van der Waals surface area contributed by atoms with Gasteiger partial charge in [0.15, 0.2) is 0 Å². The Balaban J connectivity index is 1.98. The molecule has 0 aliphatic heterocycles. The summed E-state index contributed by atoms with van der Waals surface area (Å²) < 4.78 is 0. The van der Waals surface area contributed by atoms with Gasteiger partial charge in [-0.3, -0.25) is 4.79 Å². The Morgan fingerprint density at radius 1 is 1.38 bits per heavy atom. The lowest BCUT2D eigenvalue weighted by Crippen LogP contribution is -2.53. The standard InChI is InChI=1S/C12H20N2OS/c1-8-6-9(7-8)14-11(15)12(10(13)16)4-2-3-5-12/h8-9H,2-7H2,1H3,(H2,13,16)(H,14,15). The van der Waals surface area contributed by atoms with Crippen molar-refractivity contribution < 1.29 is 4.79 Å². The molecule has 0 aromatic carbocycles. The van der Waals surface area contributed by atoms with Gasteiger partial charge in [0.2, 0.25) is 5.91 Å². The van der Waals surface area contributed by atoms with Crippen LogP contribution in [0.4, 0.5) is 0 Å². The molecule has 16 heavy (non-hydrogen) atoms. The number of carbonyl (C=O) groups is 1. The van der Waals surface area contributed by atoms with E-state index in [-0.39, 0.29) is 5.91 Å². The molecule has 2 aliphatic carbocycles. The van der Waals surface area contributed by atoms with Crippen LogP contribution in [-0.2, 0) is 4.79 Å². The first-order valence-corrected chi connectivity index (χ1v) is 6.56. The fraction of sp³-hybridized carbons (Fsp3) is 0.833. The minimum atomic E-state index is -0.534. The average molecular weight is 240 g/mol. The number of thiocarbonyl (C=S) groups is 1. The zero-order valence-electron chi connectivity index (χ0n) is 9.79. The third kappa shape index (κ3) is 1.95. The second kappa shape index (κ2) is 4.32. The van der Waals surface area contributed by atoms with E-state index >= 15 is 0 Å². The molecule has 2 rings (SSSR count). The van der Waals surface area contributed by atoms with E-state index in [0.29, 0.717) is 11.0 Å². The summed E-state index contributed by atoms with van der Waals surface area (Å²) in [5, 5.41) is 3.10. The number of rotatable bonds is 3. The minimum Gasteiger partial charge on any atom is -0.392 e. The first-order chi connectivity index (χ1) is 7.54. The van der Waals surface area contributed by atoms with Crippen LogP contribution < -0.4 is 11.1 Å². The van der Waals surface area contributed by atoms with Gasteiger partial charge in [0, 0.05) is 6.04 Å². The third-order valence-corrected chi connectivity index (χ3v) is 4.46. The summed E-state index contributed by atoms with van der Waals surface area (Å²) in [4.78, 5) is 12.6. The molecule has 0 heterocycles. The lowest BCUT2D eigenvalue weighted by atomic mass is 9.79. The predicted molar refractivity (Wildman–Crippen MR) is 68.0 cm³/mol. The lowest BCUT2D eigenvalue weighted by Gasteiger charge is -2.36. The first-order valence-electron chi connectivity index (χ1n) is 6.15. The molecule has 4 heteroatoms. The summed E-state index contributed by atoms with van der Waals surface area (Å²) in [7, 11) is 0. The maximum atomic E-state index is 12.2. The fourth-order valence-corrected chi connectivity index (χ4v) is 3.20. The molecule has 0 spiro atoms. The number of carbonyl (C=O) groups excluding carboxylic acids is 1. The Morgan fingerprint density at radius 2 is 1.94 bits per heavy atom. The Morgan fingerprint density at radius 3 is 2.38 bits per heavy atom. The van der Waals surface area contributed by atoms with E-state index in [1.54, 1.807) is 0 Å². The van der Waals surface area contributed by atoms with Gasteiger partial charge in [0.05, 0.1) is 10.4 Å². The van der Waals surface area contributed by atoms with E-state index in [1.807, 2.05) is 0 Å². The van der Waals surface area contributed by atoms with Gasteiger partial charge in [-0.15, -0.1) is 0 Å². The second-order valence-electron chi connectivity index (χ2n) is 5.40. The van der Waals surface area contributed by atoms with Crippen molar-refractivity contribution >= 4 is 23.1 Å². The molecule has 90 valence electrons. The van der Waals surface area contributed by atoms with Crippen molar-refractivity contribution in [3.05, 3.63) is 0 Å². The molecule has 0 aromatic rings. The third-order valence-electron chi connectivity index (χ3n) is 4.07. The number of hydrogen-bond donors (Lipinski definition) is 2. The quantitative estimate of drug-likeness (QED) is 0.739. The molecule has 1 amide bonds. The number of nitrogens with two attached hydrogens (primary N) is 1. The summed E-state index contributed by atoms with van der Waals surface area (Å²) in [5.74, 6) is 0.823. The number of amides is 1. The summed E-state index contributed by atoms with van der Waals surface area (Å²) >= 11 is 5.09. The van der Waals surface area contributed by atoms with Crippen LogP contribution in [0, 0.1) is 11.3 Å². The highest BCUT2D eigenvalue weighted by Gasteiger charge is 2.45. The zero-order chi connectivity index (χ0) is 11.8. The van der Waals surface area contributed by atoms with Crippen molar-refractivity contribution in [1.29, 1.82) is 0 Å². The number of hydrogen-bond acceptors (Lipinski definition) is 2. The van der Waals surface area contributed by atoms with E-state index in [0.717, 1.165) is 44.4 Å². The highest BCUT2D eigenvalue weighted by atomic mass is 32.1. The SMILES string of the molecule is CC1CC(NC(=O)C2(C(N)=S)CCCC2)C1. The van der Waals surface area contributed by atoms with Crippen LogP contribution in [0.25, 0.3) is 0 Å². The van der Waals surface area contributed by atoms with Gasteiger partial charge >= 0.3 is 0 Å². The van der Waals surface area contributed by atoms with Crippen molar-refractivity contribution in [2.24, 2.45) is 17.1 Å². The van der Waals surface area contributed by atoms with Crippen LogP contribution in [0.15, 0.2) is 0 Å². The zero-order valence-corrected chi connectivity index (χ0v) is 10.6. The van der Waals surface area contributed by atoms with Crippen molar-refractivity contribution in [3.63, 3.8) is 0 Å². The monoisotopic (exact) mass is 240 g/mol.